The van der Waals surface area contributed by atoms with Crippen molar-refractivity contribution >= 4 is 23.7 Å². The second kappa shape index (κ2) is 9.95. The number of amides is 1. The standard InChI is InChI=1S/C26H22ClN5O3/c1-15(21(16-6-4-3-5-7-16)20-12-18(27)9-8-17(20)13-28)24-31-22(23(33)26(35)32(24)2)25(34)30-19-10-11-29-14-19/h3-10,12,14-15,21,33H,11H2,1-2H3,(H,30,34). The van der Waals surface area contributed by atoms with Gasteiger partial charge in [-0.3, -0.25) is 19.1 Å². The van der Waals surface area contributed by atoms with Crippen LogP contribution in [0, 0.1) is 11.3 Å². The number of aromatic nitrogens is 2. The molecule has 9 heteroatoms. The van der Waals surface area contributed by atoms with Crippen LogP contribution in [0.5, 0.6) is 5.75 Å². The van der Waals surface area contributed by atoms with E-state index in [1.807, 2.05) is 37.3 Å². The molecule has 8 nitrogen and oxygen atoms in total. The zero-order chi connectivity index (χ0) is 25.1. The van der Waals surface area contributed by atoms with Gasteiger partial charge in [0, 0.05) is 30.1 Å². The summed E-state index contributed by atoms with van der Waals surface area (Å²) >= 11 is 6.30. The molecule has 0 aliphatic carbocycles. The van der Waals surface area contributed by atoms with E-state index in [-0.39, 0.29) is 11.5 Å². The van der Waals surface area contributed by atoms with Crippen LogP contribution in [-0.4, -0.2) is 33.3 Å². The van der Waals surface area contributed by atoms with Gasteiger partial charge in [-0.25, -0.2) is 4.98 Å². The molecule has 2 atom stereocenters. The molecule has 35 heavy (non-hydrogen) atoms. The molecule has 1 amide bonds. The number of nitriles is 1. The summed E-state index contributed by atoms with van der Waals surface area (Å²) in [4.78, 5) is 34.2. The predicted molar refractivity (Wildman–Crippen MR) is 133 cm³/mol. The van der Waals surface area contributed by atoms with Crippen molar-refractivity contribution in [3.05, 3.63) is 104 Å². The minimum absolute atomic E-state index is 0.268. The maximum atomic E-state index is 12.9. The number of aliphatic imine (C=N–C) groups is 1. The topological polar surface area (TPSA) is 120 Å². The Labute approximate surface area is 206 Å². The van der Waals surface area contributed by atoms with Crippen LogP contribution in [0.15, 0.2) is 70.1 Å². The molecule has 1 aliphatic rings. The highest BCUT2D eigenvalue weighted by Gasteiger charge is 2.31. The van der Waals surface area contributed by atoms with E-state index in [0.717, 1.165) is 5.56 Å². The van der Waals surface area contributed by atoms with Crippen molar-refractivity contribution in [2.45, 2.75) is 18.8 Å². The molecule has 2 aromatic carbocycles. The fourth-order valence-corrected chi connectivity index (χ4v) is 4.42. The summed E-state index contributed by atoms with van der Waals surface area (Å²) in [6, 6.07) is 16.7. The number of rotatable bonds is 6. The minimum Gasteiger partial charge on any atom is -0.501 e. The van der Waals surface area contributed by atoms with Gasteiger partial charge in [-0.05, 0) is 35.4 Å². The summed E-state index contributed by atoms with van der Waals surface area (Å²) in [5.41, 5.74) is 1.31. The van der Waals surface area contributed by atoms with E-state index in [9.17, 15) is 20.0 Å². The number of benzene rings is 2. The van der Waals surface area contributed by atoms with E-state index in [1.54, 1.807) is 24.3 Å². The fraction of sp³-hybridized carbons (Fsp3) is 0.192. The summed E-state index contributed by atoms with van der Waals surface area (Å²) in [5, 5.41) is 23.3. The molecule has 176 valence electrons. The molecular weight excluding hydrogens is 466 g/mol. The van der Waals surface area contributed by atoms with Crippen LogP contribution in [0.1, 0.15) is 51.8 Å². The van der Waals surface area contributed by atoms with Gasteiger partial charge in [-0.15, -0.1) is 0 Å². The molecule has 1 aliphatic heterocycles. The monoisotopic (exact) mass is 487 g/mol. The van der Waals surface area contributed by atoms with Gasteiger partial charge in [-0.1, -0.05) is 48.9 Å². The predicted octanol–water partition coefficient (Wildman–Crippen LogP) is 3.64. The number of nitrogens with one attached hydrogen (secondary N) is 1. The first kappa shape index (κ1) is 23.9. The van der Waals surface area contributed by atoms with Crippen LogP contribution in [-0.2, 0) is 7.05 Å². The van der Waals surface area contributed by atoms with Crippen molar-refractivity contribution in [3.8, 4) is 11.8 Å². The number of carbonyl (C=O) groups excluding carboxylic acids is 1. The van der Waals surface area contributed by atoms with Gasteiger partial charge in [0.05, 0.1) is 23.9 Å². The lowest BCUT2D eigenvalue weighted by Gasteiger charge is -2.27. The van der Waals surface area contributed by atoms with Gasteiger partial charge in [0.1, 0.15) is 5.82 Å². The van der Waals surface area contributed by atoms with Crippen LogP contribution in [0.25, 0.3) is 0 Å². The summed E-state index contributed by atoms with van der Waals surface area (Å²) in [6.07, 6.45) is 3.20. The normalized spacial score (nSPS) is 14.2. The van der Waals surface area contributed by atoms with Crippen molar-refractivity contribution in [3.63, 3.8) is 0 Å². The highest BCUT2D eigenvalue weighted by molar-refractivity contribution is 6.30. The molecule has 0 saturated carbocycles. The average molecular weight is 488 g/mol. The Balaban J connectivity index is 1.87. The largest absolute Gasteiger partial charge is 0.501 e. The van der Waals surface area contributed by atoms with E-state index in [1.165, 1.54) is 17.8 Å². The zero-order valence-corrected chi connectivity index (χ0v) is 19.8. The quantitative estimate of drug-likeness (QED) is 0.550. The van der Waals surface area contributed by atoms with Crippen LogP contribution >= 0.6 is 11.6 Å². The lowest BCUT2D eigenvalue weighted by atomic mass is 9.79. The maximum Gasteiger partial charge on any atom is 0.296 e. The highest BCUT2D eigenvalue weighted by atomic mass is 35.5. The van der Waals surface area contributed by atoms with Gasteiger partial charge in [0.2, 0.25) is 5.75 Å². The van der Waals surface area contributed by atoms with Crippen molar-refractivity contribution in [2.24, 2.45) is 12.0 Å². The number of hydrogen-bond acceptors (Lipinski definition) is 6. The van der Waals surface area contributed by atoms with Crippen molar-refractivity contribution in [1.29, 1.82) is 5.26 Å². The third kappa shape index (κ3) is 4.72. The van der Waals surface area contributed by atoms with Gasteiger partial charge < -0.3 is 10.4 Å². The summed E-state index contributed by atoms with van der Waals surface area (Å²) in [5.74, 6) is -2.10. The lowest BCUT2D eigenvalue weighted by molar-refractivity contribution is 0.0959. The number of hydrogen-bond donors (Lipinski definition) is 2. The van der Waals surface area contributed by atoms with Gasteiger partial charge in [-0.2, -0.15) is 5.26 Å². The zero-order valence-electron chi connectivity index (χ0n) is 19.1. The third-order valence-corrected chi connectivity index (χ3v) is 6.19. The van der Waals surface area contributed by atoms with Crippen molar-refractivity contribution < 1.29 is 9.90 Å². The van der Waals surface area contributed by atoms with E-state index in [4.69, 9.17) is 11.6 Å². The van der Waals surface area contributed by atoms with E-state index < -0.39 is 29.1 Å². The van der Waals surface area contributed by atoms with Crippen molar-refractivity contribution in [2.75, 3.05) is 6.54 Å². The fourth-order valence-electron chi connectivity index (χ4n) is 4.24. The van der Waals surface area contributed by atoms with Gasteiger partial charge in [0.25, 0.3) is 11.5 Å². The Morgan fingerprint density at radius 2 is 2.00 bits per heavy atom. The number of halogens is 1. The molecule has 3 aromatic rings. The average Bonchev–Trinajstić information content (AvgIpc) is 3.36. The first-order chi connectivity index (χ1) is 16.8. The summed E-state index contributed by atoms with van der Waals surface area (Å²) in [7, 11) is 1.49. The van der Waals surface area contributed by atoms with E-state index >= 15 is 0 Å². The number of allylic oxidation sites excluding steroid dienone is 1. The number of nitrogens with zero attached hydrogens (tertiary/aromatic N) is 4. The van der Waals surface area contributed by atoms with Crippen molar-refractivity contribution in [1.82, 2.24) is 14.9 Å². The van der Waals surface area contributed by atoms with Crippen LogP contribution in [0.3, 0.4) is 0 Å². The first-order valence-corrected chi connectivity index (χ1v) is 11.2. The number of aromatic hydroxyl groups is 1. The van der Waals surface area contributed by atoms with Gasteiger partial charge >= 0.3 is 0 Å². The van der Waals surface area contributed by atoms with Crippen LogP contribution in [0.4, 0.5) is 0 Å². The molecule has 4 rings (SSSR count). The second-order valence-corrected chi connectivity index (χ2v) is 8.60. The molecule has 2 unspecified atom stereocenters. The lowest BCUT2D eigenvalue weighted by Crippen LogP contribution is -2.31. The SMILES string of the molecule is CC(c1nc(C(=O)NC2=CCN=C2)c(O)c(=O)n1C)C(c1ccccc1)c1cc(Cl)ccc1C#N. The molecular formula is C26H22ClN5O3. The van der Waals surface area contributed by atoms with Gasteiger partial charge in [0.15, 0.2) is 5.69 Å². The first-order valence-electron chi connectivity index (χ1n) is 10.9. The third-order valence-electron chi connectivity index (χ3n) is 5.96. The second-order valence-electron chi connectivity index (χ2n) is 8.16. The Kier molecular flexibility index (Phi) is 6.80. The smallest absolute Gasteiger partial charge is 0.296 e. The molecule has 1 aromatic heterocycles. The molecule has 0 bridgehead atoms. The molecule has 0 fully saturated rings. The maximum absolute atomic E-state index is 12.9. The Morgan fingerprint density at radius 1 is 1.26 bits per heavy atom. The highest BCUT2D eigenvalue weighted by Crippen LogP contribution is 2.40. The number of carbonyl (C=O) groups is 1. The minimum atomic E-state index is -0.750. The molecule has 2 N–H and O–H groups in total. The van der Waals surface area contributed by atoms with Crippen LogP contribution < -0.4 is 10.9 Å². The summed E-state index contributed by atoms with van der Waals surface area (Å²) in [6.45, 7) is 2.29. The molecule has 2 heterocycles. The molecule has 0 radical (unpaired) electrons. The van der Waals surface area contributed by atoms with Crippen LogP contribution in [0.2, 0.25) is 5.02 Å². The Hall–Kier alpha value is -4.22. The Bertz CT molecular complexity index is 1450. The van der Waals surface area contributed by atoms with E-state index in [0.29, 0.717) is 28.4 Å². The Morgan fingerprint density at radius 3 is 2.66 bits per heavy atom. The molecule has 0 saturated heterocycles. The van der Waals surface area contributed by atoms with E-state index in [2.05, 4.69) is 21.4 Å². The summed E-state index contributed by atoms with van der Waals surface area (Å²) < 4.78 is 1.22. The molecule has 0 spiro atoms.